The molecule has 0 aromatic heterocycles. The van der Waals surface area contributed by atoms with E-state index < -0.39 is 5.97 Å². The summed E-state index contributed by atoms with van der Waals surface area (Å²) >= 11 is 0. The third-order valence-corrected chi connectivity index (χ3v) is 5.42. The second-order valence-electron chi connectivity index (χ2n) is 7.88. The van der Waals surface area contributed by atoms with Crippen molar-refractivity contribution < 1.29 is 9.90 Å². The fraction of sp³-hybridized carbons (Fsp3) is 0.957. The number of hydrogen-bond donors (Lipinski definition) is 1. The van der Waals surface area contributed by atoms with Crippen molar-refractivity contribution in [2.24, 2.45) is 0 Å². The number of unbranched alkanes of at least 4 members (excludes halogenated alkanes) is 15. The highest BCUT2D eigenvalue weighted by atomic mass is 16.4. The fourth-order valence-electron chi connectivity index (χ4n) is 3.57. The van der Waals surface area contributed by atoms with Gasteiger partial charge in [-0.15, -0.1) is 0 Å². The Balaban J connectivity index is 3.18. The summed E-state index contributed by atoms with van der Waals surface area (Å²) in [5.41, 5.74) is 0. The van der Waals surface area contributed by atoms with Gasteiger partial charge in [-0.05, 0) is 19.5 Å². The van der Waals surface area contributed by atoms with E-state index in [0.29, 0.717) is 6.54 Å². The van der Waals surface area contributed by atoms with Crippen LogP contribution in [0.2, 0.25) is 0 Å². The van der Waals surface area contributed by atoms with Crippen LogP contribution in [0.3, 0.4) is 0 Å². The number of aliphatic carboxylic acids is 1. The first kappa shape index (κ1) is 25.4. The Hall–Kier alpha value is -0.570. The maximum atomic E-state index is 10.6. The van der Waals surface area contributed by atoms with Gasteiger partial charge in [-0.3, -0.25) is 4.79 Å². The summed E-state index contributed by atoms with van der Waals surface area (Å²) < 4.78 is 0. The maximum Gasteiger partial charge on any atom is 0.304 e. The lowest BCUT2D eigenvalue weighted by atomic mass is 10.0. The number of nitrogens with zero attached hydrogens (tertiary/aromatic N) is 1. The molecule has 0 aliphatic rings. The number of hydrogen-bond acceptors (Lipinski definition) is 2. The van der Waals surface area contributed by atoms with Gasteiger partial charge in [0.2, 0.25) is 0 Å². The van der Waals surface area contributed by atoms with Crippen LogP contribution >= 0.6 is 0 Å². The van der Waals surface area contributed by atoms with Crippen LogP contribution in [0.15, 0.2) is 0 Å². The molecule has 1 N–H and O–H groups in total. The molecule has 0 spiro atoms. The number of rotatable bonds is 21. The summed E-state index contributed by atoms with van der Waals surface area (Å²) in [6.07, 6.45) is 22.6. The van der Waals surface area contributed by atoms with Crippen LogP contribution in [0.1, 0.15) is 123 Å². The van der Waals surface area contributed by atoms with Gasteiger partial charge in [-0.2, -0.15) is 0 Å². The molecule has 0 aromatic rings. The molecule has 0 saturated carbocycles. The first-order valence-electron chi connectivity index (χ1n) is 11.6. The fourth-order valence-corrected chi connectivity index (χ4v) is 3.57. The average Bonchev–Trinajstić information content (AvgIpc) is 2.63. The highest BCUT2D eigenvalue weighted by Gasteiger charge is 2.04. The molecule has 0 heterocycles. The molecule has 0 saturated heterocycles. The number of carboxylic acid groups (broad SMARTS) is 1. The molecule has 156 valence electrons. The summed E-state index contributed by atoms with van der Waals surface area (Å²) in [5, 5.41) is 8.74. The Morgan fingerprint density at radius 1 is 0.615 bits per heavy atom. The highest BCUT2D eigenvalue weighted by molar-refractivity contribution is 5.66. The van der Waals surface area contributed by atoms with Gasteiger partial charge in [-0.1, -0.05) is 110 Å². The molecule has 0 fully saturated rings. The van der Waals surface area contributed by atoms with Gasteiger partial charge in [0.05, 0.1) is 6.42 Å². The van der Waals surface area contributed by atoms with Gasteiger partial charge in [0.25, 0.3) is 0 Å². The van der Waals surface area contributed by atoms with E-state index in [4.69, 9.17) is 5.11 Å². The summed E-state index contributed by atoms with van der Waals surface area (Å²) in [7, 11) is 0. The molecule has 0 amide bonds. The highest BCUT2D eigenvalue weighted by Crippen LogP contribution is 2.13. The SMILES string of the molecule is CCCCCCCCCCCCCCCCCCN(CC)CCC(=O)O. The molecule has 0 radical (unpaired) electrons. The van der Waals surface area contributed by atoms with Crippen molar-refractivity contribution in [3.05, 3.63) is 0 Å². The molecule has 0 atom stereocenters. The smallest absolute Gasteiger partial charge is 0.304 e. The quantitative estimate of drug-likeness (QED) is 0.220. The lowest BCUT2D eigenvalue weighted by Gasteiger charge is -2.19. The number of carboxylic acids is 1. The minimum absolute atomic E-state index is 0.271. The van der Waals surface area contributed by atoms with Gasteiger partial charge in [-0.25, -0.2) is 0 Å². The van der Waals surface area contributed by atoms with E-state index in [1.165, 1.54) is 103 Å². The summed E-state index contributed by atoms with van der Waals surface area (Å²) in [6.45, 7) is 7.12. The Bertz CT molecular complexity index is 294. The summed E-state index contributed by atoms with van der Waals surface area (Å²) in [4.78, 5) is 12.9. The molecule has 0 aliphatic heterocycles. The van der Waals surface area contributed by atoms with Gasteiger partial charge < -0.3 is 10.0 Å². The average molecular weight is 370 g/mol. The molecule has 0 unspecified atom stereocenters. The van der Waals surface area contributed by atoms with Crippen LogP contribution in [0, 0.1) is 0 Å². The van der Waals surface area contributed by atoms with Crippen molar-refractivity contribution in [1.29, 1.82) is 0 Å². The topological polar surface area (TPSA) is 40.5 Å². The second kappa shape index (κ2) is 20.7. The minimum Gasteiger partial charge on any atom is -0.481 e. The summed E-state index contributed by atoms with van der Waals surface area (Å²) in [5.74, 6) is -0.685. The van der Waals surface area contributed by atoms with Crippen molar-refractivity contribution in [2.45, 2.75) is 123 Å². The van der Waals surface area contributed by atoms with E-state index in [1.807, 2.05) is 0 Å². The van der Waals surface area contributed by atoms with Crippen molar-refractivity contribution in [3.63, 3.8) is 0 Å². The van der Waals surface area contributed by atoms with E-state index >= 15 is 0 Å². The third-order valence-electron chi connectivity index (χ3n) is 5.42. The molecular weight excluding hydrogens is 322 g/mol. The number of carbonyl (C=O) groups is 1. The van der Waals surface area contributed by atoms with Crippen molar-refractivity contribution in [2.75, 3.05) is 19.6 Å². The van der Waals surface area contributed by atoms with Gasteiger partial charge in [0.1, 0.15) is 0 Å². The molecule has 0 aliphatic carbocycles. The third kappa shape index (κ3) is 19.8. The Kier molecular flexibility index (Phi) is 20.3. The molecule has 3 heteroatoms. The predicted octanol–water partition coefficient (Wildman–Crippen LogP) is 7.04. The second-order valence-corrected chi connectivity index (χ2v) is 7.88. The molecule has 0 aromatic carbocycles. The molecule has 26 heavy (non-hydrogen) atoms. The normalized spacial score (nSPS) is 11.3. The van der Waals surface area contributed by atoms with E-state index in [-0.39, 0.29) is 6.42 Å². The Labute approximate surface area is 163 Å². The van der Waals surface area contributed by atoms with Crippen LogP contribution in [-0.2, 0) is 4.79 Å². The van der Waals surface area contributed by atoms with Crippen molar-refractivity contribution in [3.8, 4) is 0 Å². The minimum atomic E-state index is -0.685. The molecule has 3 nitrogen and oxygen atoms in total. The lowest BCUT2D eigenvalue weighted by molar-refractivity contribution is -0.137. The van der Waals surface area contributed by atoms with Gasteiger partial charge in [0, 0.05) is 6.54 Å². The van der Waals surface area contributed by atoms with Crippen LogP contribution in [0.5, 0.6) is 0 Å². The summed E-state index contributed by atoms with van der Waals surface area (Å²) in [6, 6.07) is 0. The molecule has 0 rings (SSSR count). The van der Waals surface area contributed by atoms with E-state index in [1.54, 1.807) is 0 Å². The van der Waals surface area contributed by atoms with Crippen LogP contribution < -0.4 is 0 Å². The monoisotopic (exact) mass is 369 g/mol. The zero-order valence-electron chi connectivity index (χ0n) is 17.9. The first-order chi connectivity index (χ1) is 12.7. The lowest BCUT2D eigenvalue weighted by Crippen LogP contribution is -2.27. The van der Waals surface area contributed by atoms with Crippen molar-refractivity contribution in [1.82, 2.24) is 4.90 Å². The first-order valence-corrected chi connectivity index (χ1v) is 11.6. The van der Waals surface area contributed by atoms with Crippen LogP contribution in [-0.4, -0.2) is 35.6 Å². The van der Waals surface area contributed by atoms with Crippen LogP contribution in [0.4, 0.5) is 0 Å². The predicted molar refractivity (Wildman–Crippen MR) is 114 cm³/mol. The zero-order valence-corrected chi connectivity index (χ0v) is 17.9. The largest absolute Gasteiger partial charge is 0.481 e. The Morgan fingerprint density at radius 3 is 1.35 bits per heavy atom. The zero-order chi connectivity index (χ0) is 19.3. The van der Waals surface area contributed by atoms with E-state index in [9.17, 15) is 4.79 Å². The van der Waals surface area contributed by atoms with Crippen LogP contribution in [0.25, 0.3) is 0 Å². The van der Waals surface area contributed by atoms with E-state index in [2.05, 4.69) is 18.7 Å². The van der Waals surface area contributed by atoms with Gasteiger partial charge in [0.15, 0.2) is 0 Å². The van der Waals surface area contributed by atoms with E-state index in [0.717, 1.165) is 13.1 Å². The maximum absolute atomic E-state index is 10.6. The Morgan fingerprint density at radius 2 is 1.00 bits per heavy atom. The molecular formula is C23H47NO2. The van der Waals surface area contributed by atoms with Crippen molar-refractivity contribution >= 4 is 5.97 Å². The molecule has 0 bridgehead atoms. The standard InChI is InChI=1S/C23H47NO2/c1-3-5-6-7-8-9-10-11-12-13-14-15-16-17-18-19-21-24(4-2)22-20-23(25)26/h3-22H2,1-2H3,(H,25,26). The van der Waals surface area contributed by atoms with Gasteiger partial charge >= 0.3 is 5.97 Å².